The molecule has 0 aliphatic carbocycles. The lowest BCUT2D eigenvalue weighted by Gasteiger charge is -2.35. The van der Waals surface area contributed by atoms with E-state index in [1.807, 2.05) is 6.92 Å². The van der Waals surface area contributed by atoms with Gasteiger partial charge in [0.25, 0.3) is 0 Å². The molecule has 1 aliphatic heterocycles. The molecule has 0 spiro atoms. The normalized spacial score (nSPS) is 26.1. The van der Waals surface area contributed by atoms with Crippen molar-refractivity contribution in [3.05, 3.63) is 28.7 Å². The number of hydrogen-bond acceptors (Lipinski definition) is 4. The van der Waals surface area contributed by atoms with Gasteiger partial charge in [-0.1, -0.05) is 0 Å². The van der Waals surface area contributed by atoms with Gasteiger partial charge in [-0.2, -0.15) is 4.31 Å². The highest BCUT2D eigenvalue weighted by molar-refractivity contribution is 7.89. The summed E-state index contributed by atoms with van der Waals surface area (Å²) in [7, 11) is -3.77. The summed E-state index contributed by atoms with van der Waals surface area (Å²) in [4.78, 5) is 14.1. The van der Waals surface area contributed by atoms with Crippen molar-refractivity contribution in [2.45, 2.75) is 30.9 Å². The summed E-state index contributed by atoms with van der Waals surface area (Å²) in [5, 5.41) is 0. The molecule has 0 saturated carbocycles. The Balaban J connectivity index is 2.42. The van der Waals surface area contributed by atoms with Crippen molar-refractivity contribution in [3.8, 4) is 0 Å². The van der Waals surface area contributed by atoms with Crippen molar-refractivity contribution >= 4 is 10.0 Å². The Labute approximate surface area is 106 Å². The van der Waals surface area contributed by atoms with Crippen LogP contribution in [0, 0.1) is 0 Å². The SMILES string of the molecule is CC1CN(S(=O)(=O)c2c[nH]ccc2=O)C(C)CO1. The monoisotopic (exact) mass is 272 g/mol. The highest BCUT2D eigenvalue weighted by atomic mass is 32.2. The van der Waals surface area contributed by atoms with Gasteiger partial charge in [-0.3, -0.25) is 4.79 Å². The fourth-order valence-electron chi connectivity index (χ4n) is 1.94. The molecule has 0 aromatic carbocycles. The lowest BCUT2D eigenvalue weighted by molar-refractivity contribution is -0.0170. The van der Waals surface area contributed by atoms with Gasteiger partial charge in [0.1, 0.15) is 4.90 Å². The predicted octanol–water partition coefficient (Wildman–Crippen LogP) is 0.173. The third-order valence-electron chi connectivity index (χ3n) is 2.93. The van der Waals surface area contributed by atoms with Crippen LogP contribution in [0.2, 0.25) is 0 Å². The van der Waals surface area contributed by atoms with Crippen LogP contribution < -0.4 is 5.43 Å². The highest BCUT2D eigenvalue weighted by Gasteiger charge is 2.35. The molecular weight excluding hydrogens is 256 g/mol. The van der Waals surface area contributed by atoms with Crippen LogP contribution in [-0.4, -0.2) is 43.0 Å². The van der Waals surface area contributed by atoms with E-state index >= 15 is 0 Å². The summed E-state index contributed by atoms with van der Waals surface area (Å²) < 4.78 is 31.5. The number of nitrogens with zero attached hydrogens (tertiary/aromatic N) is 1. The molecule has 1 aromatic heterocycles. The van der Waals surface area contributed by atoms with Crippen LogP contribution in [0.5, 0.6) is 0 Å². The summed E-state index contributed by atoms with van der Waals surface area (Å²) in [5.41, 5.74) is -0.500. The van der Waals surface area contributed by atoms with Gasteiger partial charge in [0.15, 0.2) is 0 Å². The number of ether oxygens (including phenoxy) is 1. The van der Waals surface area contributed by atoms with Gasteiger partial charge in [0, 0.05) is 31.0 Å². The fourth-order valence-corrected chi connectivity index (χ4v) is 3.67. The number of pyridine rings is 1. The highest BCUT2D eigenvalue weighted by Crippen LogP contribution is 2.19. The molecule has 1 N–H and O–H groups in total. The van der Waals surface area contributed by atoms with Crippen LogP contribution in [0.1, 0.15) is 13.8 Å². The van der Waals surface area contributed by atoms with E-state index in [4.69, 9.17) is 4.74 Å². The van der Waals surface area contributed by atoms with Crippen molar-refractivity contribution in [2.24, 2.45) is 0 Å². The zero-order valence-corrected chi connectivity index (χ0v) is 11.1. The van der Waals surface area contributed by atoms with Crippen molar-refractivity contribution in [1.29, 1.82) is 0 Å². The molecule has 1 fully saturated rings. The second-order valence-electron chi connectivity index (χ2n) is 4.44. The van der Waals surface area contributed by atoms with Crippen LogP contribution in [-0.2, 0) is 14.8 Å². The minimum atomic E-state index is -3.77. The van der Waals surface area contributed by atoms with Crippen molar-refractivity contribution in [2.75, 3.05) is 13.2 Å². The maximum Gasteiger partial charge on any atom is 0.248 e. The summed E-state index contributed by atoms with van der Waals surface area (Å²) >= 11 is 0. The summed E-state index contributed by atoms with van der Waals surface area (Å²) in [6.45, 7) is 4.17. The molecular formula is C11H16N2O4S. The quantitative estimate of drug-likeness (QED) is 0.832. The minimum Gasteiger partial charge on any atom is -0.375 e. The Hall–Kier alpha value is -1.18. The van der Waals surface area contributed by atoms with Crippen molar-refractivity contribution in [3.63, 3.8) is 0 Å². The molecule has 100 valence electrons. The number of aromatic nitrogens is 1. The molecule has 1 saturated heterocycles. The number of aromatic amines is 1. The van der Waals surface area contributed by atoms with E-state index in [2.05, 4.69) is 4.98 Å². The van der Waals surface area contributed by atoms with Gasteiger partial charge in [-0.25, -0.2) is 8.42 Å². The Kier molecular flexibility index (Phi) is 3.56. The maximum absolute atomic E-state index is 12.4. The number of H-pyrrole nitrogens is 1. The average Bonchev–Trinajstić information content (AvgIpc) is 2.32. The lowest BCUT2D eigenvalue weighted by Crippen LogP contribution is -2.50. The summed E-state index contributed by atoms with van der Waals surface area (Å²) in [6, 6.07) is 0.937. The molecule has 0 radical (unpaired) electrons. The van der Waals surface area contributed by atoms with Gasteiger partial charge in [-0.05, 0) is 13.8 Å². The van der Waals surface area contributed by atoms with Crippen molar-refractivity contribution < 1.29 is 13.2 Å². The minimum absolute atomic E-state index is 0.168. The van der Waals surface area contributed by atoms with Gasteiger partial charge in [0.2, 0.25) is 15.5 Å². The summed E-state index contributed by atoms with van der Waals surface area (Å²) in [6.07, 6.45) is 2.47. The zero-order chi connectivity index (χ0) is 13.3. The molecule has 1 aliphatic rings. The molecule has 2 rings (SSSR count). The van der Waals surface area contributed by atoms with E-state index in [0.717, 1.165) is 0 Å². The average molecular weight is 272 g/mol. The van der Waals surface area contributed by atoms with E-state index in [0.29, 0.717) is 6.61 Å². The smallest absolute Gasteiger partial charge is 0.248 e. The third-order valence-corrected chi connectivity index (χ3v) is 4.93. The Bertz CT molecular complexity index is 581. The second kappa shape index (κ2) is 4.83. The van der Waals surface area contributed by atoms with Crippen LogP contribution in [0.4, 0.5) is 0 Å². The van der Waals surface area contributed by atoms with E-state index in [9.17, 15) is 13.2 Å². The zero-order valence-electron chi connectivity index (χ0n) is 10.3. The van der Waals surface area contributed by atoms with Gasteiger partial charge < -0.3 is 9.72 Å². The molecule has 1 aromatic rings. The van der Waals surface area contributed by atoms with E-state index in [1.165, 1.54) is 22.8 Å². The Morgan fingerprint density at radius 3 is 2.83 bits per heavy atom. The van der Waals surface area contributed by atoms with Crippen LogP contribution >= 0.6 is 0 Å². The lowest BCUT2D eigenvalue weighted by atomic mass is 10.2. The van der Waals surface area contributed by atoms with E-state index in [1.54, 1.807) is 6.92 Å². The second-order valence-corrected chi connectivity index (χ2v) is 6.30. The van der Waals surface area contributed by atoms with Crippen molar-refractivity contribution in [1.82, 2.24) is 9.29 Å². The molecule has 2 heterocycles. The third kappa shape index (κ3) is 2.33. The Morgan fingerprint density at radius 1 is 1.44 bits per heavy atom. The molecule has 0 amide bonds. The van der Waals surface area contributed by atoms with E-state index < -0.39 is 15.5 Å². The first-order valence-corrected chi connectivity index (χ1v) is 7.17. The molecule has 6 nitrogen and oxygen atoms in total. The van der Waals surface area contributed by atoms with Gasteiger partial charge in [0.05, 0.1) is 12.7 Å². The number of hydrogen-bond donors (Lipinski definition) is 1. The first kappa shape index (κ1) is 13.3. The Morgan fingerprint density at radius 2 is 2.17 bits per heavy atom. The van der Waals surface area contributed by atoms with Gasteiger partial charge >= 0.3 is 0 Å². The number of sulfonamides is 1. The predicted molar refractivity (Wildman–Crippen MR) is 65.8 cm³/mol. The topological polar surface area (TPSA) is 79.5 Å². The van der Waals surface area contributed by atoms with Gasteiger partial charge in [-0.15, -0.1) is 0 Å². The molecule has 2 atom stereocenters. The van der Waals surface area contributed by atoms with Crippen LogP contribution in [0.25, 0.3) is 0 Å². The molecule has 0 bridgehead atoms. The van der Waals surface area contributed by atoms with Crippen LogP contribution in [0.3, 0.4) is 0 Å². The maximum atomic E-state index is 12.4. The first-order chi connectivity index (χ1) is 8.43. The summed E-state index contributed by atoms with van der Waals surface area (Å²) in [5.74, 6) is 0. The van der Waals surface area contributed by atoms with E-state index in [-0.39, 0.29) is 23.6 Å². The standard InChI is InChI=1S/C11H16N2O4S/c1-8-7-17-9(2)6-13(8)18(15,16)11-5-12-4-3-10(11)14/h3-5,8-9H,6-7H2,1-2H3,(H,12,14). The van der Waals surface area contributed by atoms with Crippen LogP contribution in [0.15, 0.2) is 28.2 Å². The number of nitrogens with one attached hydrogen (secondary N) is 1. The number of rotatable bonds is 2. The first-order valence-electron chi connectivity index (χ1n) is 5.73. The molecule has 18 heavy (non-hydrogen) atoms. The molecule has 7 heteroatoms. The largest absolute Gasteiger partial charge is 0.375 e. The fraction of sp³-hybridized carbons (Fsp3) is 0.545. The molecule has 2 unspecified atom stereocenters. The number of morpholine rings is 1.